The van der Waals surface area contributed by atoms with Gasteiger partial charge in [-0.05, 0) is 30.2 Å². The summed E-state index contributed by atoms with van der Waals surface area (Å²) in [5.74, 6) is 0.433. The summed E-state index contributed by atoms with van der Waals surface area (Å²) in [4.78, 5) is 12.3. The number of benzene rings is 3. The van der Waals surface area contributed by atoms with Crippen molar-refractivity contribution in [2.75, 3.05) is 6.61 Å². The highest BCUT2D eigenvalue weighted by atomic mass is 16.7. The van der Waals surface area contributed by atoms with Crippen molar-refractivity contribution in [2.45, 2.75) is 19.1 Å². The molecule has 0 radical (unpaired) electrons. The summed E-state index contributed by atoms with van der Waals surface area (Å²) >= 11 is 0. The van der Waals surface area contributed by atoms with Crippen molar-refractivity contribution in [3.63, 3.8) is 0 Å². The molecule has 3 aromatic rings. The van der Waals surface area contributed by atoms with Crippen LogP contribution in [-0.4, -0.2) is 12.8 Å². The monoisotopic (exact) mass is 362 g/mol. The van der Waals surface area contributed by atoms with E-state index in [4.69, 9.17) is 14.2 Å². The zero-order valence-corrected chi connectivity index (χ0v) is 15.2. The molecule has 0 amide bonds. The molecule has 0 saturated heterocycles. The molecule has 0 aromatic heterocycles. The average Bonchev–Trinajstić information content (AvgIpc) is 2.70. The first-order valence-electron chi connectivity index (χ1n) is 8.79. The van der Waals surface area contributed by atoms with Crippen LogP contribution in [0.5, 0.6) is 5.75 Å². The van der Waals surface area contributed by atoms with Gasteiger partial charge in [-0.1, -0.05) is 78.9 Å². The lowest BCUT2D eigenvalue weighted by Gasteiger charge is -2.29. The first-order chi connectivity index (χ1) is 13.2. The van der Waals surface area contributed by atoms with Crippen LogP contribution in [-0.2, 0) is 21.7 Å². The van der Waals surface area contributed by atoms with Gasteiger partial charge >= 0.3 is 6.16 Å². The molecule has 3 aromatic carbocycles. The van der Waals surface area contributed by atoms with Crippen LogP contribution in [0, 0.1) is 0 Å². The SMILES string of the molecule is CC(COCc1ccccc1)(OC(=O)Oc1ccccc1)c1ccccc1. The minimum absolute atomic E-state index is 0.204. The van der Waals surface area contributed by atoms with E-state index >= 15 is 0 Å². The molecule has 1 atom stereocenters. The van der Waals surface area contributed by atoms with Gasteiger partial charge in [-0.15, -0.1) is 0 Å². The van der Waals surface area contributed by atoms with Gasteiger partial charge < -0.3 is 14.2 Å². The van der Waals surface area contributed by atoms with Gasteiger partial charge in [0, 0.05) is 0 Å². The van der Waals surface area contributed by atoms with Crippen LogP contribution in [0.4, 0.5) is 4.79 Å². The number of carbonyl (C=O) groups is 1. The Bertz CT molecular complexity index is 834. The normalized spacial score (nSPS) is 12.8. The summed E-state index contributed by atoms with van der Waals surface area (Å²) in [6.45, 7) is 2.45. The fourth-order valence-corrected chi connectivity index (χ4v) is 2.69. The second kappa shape index (κ2) is 9.01. The third-order valence-electron chi connectivity index (χ3n) is 4.13. The second-order valence-electron chi connectivity index (χ2n) is 6.34. The number of hydrogen-bond acceptors (Lipinski definition) is 4. The van der Waals surface area contributed by atoms with Crippen molar-refractivity contribution in [2.24, 2.45) is 0 Å². The van der Waals surface area contributed by atoms with Gasteiger partial charge in [0.05, 0.1) is 13.2 Å². The molecule has 0 fully saturated rings. The average molecular weight is 362 g/mol. The van der Waals surface area contributed by atoms with E-state index in [1.807, 2.05) is 73.7 Å². The lowest BCUT2D eigenvalue weighted by Crippen LogP contribution is -2.35. The maximum atomic E-state index is 12.3. The number of para-hydroxylation sites is 1. The third kappa shape index (κ3) is 5.43. The van der Waals surface area contributed by atoms with Crippen molar-refractivity contribution in [3.05, 3.63) is 102 Å². The van der Waals surface area contributed by atoms with Crippen molar-refractivity contribution < 1.29 is 19.0 Å². The molecule has 138 valence electrons. The number of carbonyl (C=O) groups excluding carboxylic acids is 1. The Labute approximate surface area is 159 Å². The Balaban J connectivity index is 1.69. The molecule has 0 bridgehead atoms. The van der Waals surface area contributed by atoms with Gasteiger partial charge in [0.1, 0.15) is 5.75 Å². The van der Waals surface area contributed by atoms with Crippen LogP contribution in [0.15, 0.2) is 91.0 Å². The Morgan fingerprint density at radius 2 is 1.37 bits per heavy atom. The fraction of sp³-hybridized carbons (Fsp3) is 0.174. The van der Waals surface area contributed by atoms with E-state index in [1.165, 1.54) is 0 Å². The predicted molar refractivity (Wildman–Crippen MR) is 103 cm³/mol. The summed E-state index contributed by atoms with van der Waals surface area (Å²) in [7, 11) is 0. The van der Waals surface area contributed by atoms with Crippen LogP contribution in [0.1, 0.15) is 18.1 Å². The van der Waals surface area contributed by atoms with Crippen LogP contribution in [0.2, 0.25) is 0 Å². The van der Waals surface area contributed by atoms with Gasteiger partial charge in [0.2, 0.25) is 0 Å². The standard InChI is InChI=1S/C23H22O4/c1-23(20-13-7-3-8-14-20,18-25-17-19-11-5-2-6-12-19)27-22(24)26-21-15-9-4-10-16-21/h2-16H,17-18H2,1H3. The zero-order chi connectivity index (χ0) is 19.0. The highest BCUT2D eigenvalue weighted by Crippen LogP contribution is 2.27. The van der Waals surface area contributed by atoms with Crippen LogP contribution in [0.3, 0.4) is 0 Å². The summed E-state index contributed by atoms with van der Waals surface area (Å²) in [5, 5.41) is 0. The summed E-state index contributed by atoms with van der Waals surface area (Å²) in [5.41, 5.74) is 0.921. The van der Waals surface area contributed by atoms with E-state index in [2.05, 4.69) is 0 Å². The first-order valence-corrected chi connectivity index (χ1v) is 8.79. The molecule has 0 aliphatic rings. The molecule has 3 rings (SSSR count). The maximum Gasteiger partial charge on any atom is 0.514 e. The minimum atomic E-state index is -0.970. The molecule has 0 aliphatic carbocycles. The lowest BCUT2D eigenvalue weighted by molar-refractivity contribution is -0.0672. The molecule has 1 unspecified atom stereocenters. The van der Waals surface area contributed by atoms with Crippen molar-refractivity contribution >= 4 is 6.16 Å². The maximum absolute atomic E-state index is 12.3. The first kappa shape index (κ1) is 18.7. The number of hydrogen-bond donors (Lipinski definition) is 0. The molecule has 0 saturated carbocycles. The second-order valence-corrected chi connectivity index (χ2v) is 6.34. The van der Waals surface area contributed by atoms with Crippen molar-refractivity contribution in [1.82, 2.24) is 0 Å². The smallest absolute Gasteiger partial charge is 0.420 e. The highest BCUT2D eigenvalue weighted by molar-refractivity contribution is 5.64. The van der Waals surface area contributed by atoms with Crippen molar-refractivity contribution in [3.8, 4) is 5.75 Å². The van der Waals surface area contributed by atoms with E-state index in [0.29, 0.717) is 12.4 Å². The van der Waals surface area contributed by atoms with Crippen LogP contribution in [0.25, 0.3) is 0 Å². The van der Waals surface area contributed by atoms with Gasteiger partial charge in [-0.3, -0.25) is 0 Å². The molecular formula is C23H22O4. The number of rotatable bonds is 7. The fourth-order valence-electron chi connectivity index (χ4n) is 2.69. The Morgan fingerprint density at radius 1 is 0.815 bits per heavy atom. The number of ether oxygens (including phenoxy) is 3. The predicted octanol–water partition coefficient (Wildman–Crippen LogP) is 5.33. The Hall–Kier alpha value is -3.11. The largest absolute Gasteiger partial charge is 0.514 e. The molecule has 0 N–H and O–H groups in total. The highest BCUT2D eigenvalue weighted by Gasteiger charge is 2.32. The lowest BCUT2D eigenvalue weighted by atomic mass is 9.97. The quantitative estimate of drug-likeness (QED) is 0.421. The molecule has 27 heavy (non-hydrogen) atoms. The summed E-state index contributed by atoms with van der Waals surface area (Å²) in [6.07, 6.45) is -0.768. The Morgan fingerprint density at radius 3 is 2.00 bits per heavy atom. The molecule has 4 heteroatoms. The van der Waals surface area contributed by atoms with E-state index in [-0.39, 0.29) is 6.61 Å². The van der Waals surface area contributed by atoms with Gasteiger partial charge in [0.15, 0.2) is 5.60 Å². The van der Waals surface area contributed by atoms with E-state index in [1.54, 1.807) is 24.3 Å². The third-order valence-corrected chi connectivity index (χ3v) is 4.13. The van der Waals surface area contributed by atoms with Crippen LogP contribution < -0.4 is 4.74 Å². The van der Waals surface area contributed by atoms with Gasteiger partial charge in [-0.2, -0.15) is 0 Å². The van der Waals surface area contributed by atoms with E-state index < -0.39 is 11.8 Å². The molecule has 0 heterocycles. The molecule has 0 aliphatic heterocycles. The molecule has 4 nitrogen and oxygen atoms in total. The summed E-state index contributed by atoms with van der Waals surface area (Å²) < 4.78 is 16.8. The van der Waals surface area contributed by atoms with E-state index in [0.717, 1.165) is 11.1 Å². The topological polar surface area (TPSA) is 44.8 Å². The van der Waals surface area contributed by atoms with E-state index in [9.17, 15) is 4.79 Å². The molecular weight excluding hydrogens is 340 g/mol. The summed E-state index contributed by atoms with van der Waals surface area (Å²) in [6, 6.07) is 28.2. The zero-order valence-electron chi connectivity index (χ0n) is 15.2. The minimum Gasteiger partial charge on any atom is -0.420 e. The molecule has 0 spiro atoms. The Kier molecular flexibility index (Phi) is 6.23. The van der Waals surface area contributed by atoms with Gasteiger partial charge in [-0.25, -0.2) is 4.79 Å². The van der Waals surface area contributed by atoms with Crippen molar-refractivity contribution in [1.29, 1.82) is 0 Å². The van der Waals surface area contributed by atoms with Crippen LogP contribution >= 0.6 is 0 Å². The van der Waals surface area contributed by atoms with Gasteiger partial charge in [0.25, 0.3) is 0 Å².